The number of hydrogen-bond donors (Lipinski definition) is 0. The zero-order valence-electron chi connectivity index (χ0n) is 17.2. The molecular weight excluding hydrogens is 409 g/mol. The lowest BCUT2D eigenvalue weighted by Crippen LogP contribution is -2.24. The maximum atomic E-state index is 13.9. The van der Waals surface area contributed by atoms with Crippen molar-refractivity contribution < 1.29 is 17.9 Å². The van der Waals surface area contributed by atoms with E-state index < -0.39 is 24.9 Å². The second kappa shape index (κ2) is 8.29. The number of rotatable bonds is 7. The van der Waals surface area contributed by atoms with Crippen LogP contribution in [0.3, 0.4) is 0 Å². The summed E-state index contributed by atoms with van der Waals surface area (Å²) in [6, 6.07) is 7.09. The summed E-state index contributed by atoms with van der Waals surface area (Å²) < 4.78 is 47.7. The molecular formula is C21H21F3N6O. The molecule has 0 aliphatic carbocycles. The molecule has 3 heterocycles. The Labute approximate surface area is 176 Å². The molecule has 0 radical (unpaired) electrons. The van der Waals surface area contributed by atoms with E-state index in [4.69, 9.17) is 9.72 Å². The number of fused-ring (bicyclic) bond motifs is 1. The largest absolute Gasteiger partial charge is 0.487 e. The molecule has 1 atom stereocenters. The van der Waals surface area contributed by atoms with Crippen LogP contribution in [0.5, 0.6) is 5.75 Å². The van der Waals surface area contributed by atoms with Crippen LogP contribution in [0.2, 0.25) is 0 Å². The Morgan fingerprint density at radius 2 is 1.97 bits per heavy atom. The van der Waals surface area contributed by atoms with Gasteiger partial charge in [-0.3, -0.25) is 4.68 Å². The first kappa shape index (κ1) is 20.7. The van der Waals surface area contributed by atoms with Crippen LogP contribution in [0.4, 0.5) is 19.0 Å². The second-order valence-corrected chi connectivity index (χ2v) is 7.16. The molecule has 162 valence electrons. The monoisotopic (exact) mass is 430 g/mol. The molecule has 0 saturated carbocycles. The molecule has 0 spiro atoms. The Kier molecular flexibility index (Phi) is 5.53. The van der Waals surface area contributed by atoms with Crippen LogP contribution >= 0.6 is 0 Å². The first-order valence-electron chi connectivity index (χ1n) is 9.61. The van der Waals surface area contributed by atoms with Gasteiger partial charge in [-0.1, -0.05) is 0 Å². The van der Waals surface area contributed by atoms with Gasteiger partial charge in [0.05, 0.1) is 23.5 Å². The maximum Gasteiger partial charge on any atom is 0.272 e. The number of hydrogen-bond acceptors (Lipinski definition) is 5. The number of anilines is 1. The summed E-state index contributed by atoms with van der Waals surface area (Å²) in [5.41, 5.74) is 2.58. The number of benzene rings is 1. The molecule has 0 unspecified atom stereocenters. The molecule has 4 rings (SSSR count). The van der Waals surface area contributed by atoms with Crippen LogP contribution < -0.4 is 9.64 Å². The fraction of sp³-hybridized carbons (Fsp3) is 0.286. The van der Waals surface area contributed by atoms with Gasteiger partial charge in [-0.25, -0.2) is 22.7 Å². The number of halogens is 3. The Bertz CT molecular complexity index is 1210. The summed E-state index contributed by atoms with van der Waals surface area (Å²) in [5.74, 6) is 0.332. The Morgan fingerprint density at radius 1 is 1.16 bits per heavy atom. The molecule has 7 nitrogen and oxygen atoms in total. The number of ether oxygens (including phenoxy) is 1. The Morgan fingerprint density at radius 3 is 2.68 bits per heavy atom. The molecule has 0 aliphatic heterocycles. The zero-order valence-corrected chi connectivity index (χ0v) is 17.2. The fourth-order valence-corrected chi connectivity index (χ4v) is 3.33. The van der Waals surface area contributed by atoms with E-state index in [1.807, 2.05) is 31.1 Å². The third-order valence-corrected chi connectivity index (χ3v) is 5.07. The van der Waals surface area contributed by atoms with E-state index in [1.54, 1.807) is 34.7 Å². The summed E-state index contributed by atoms with van der Waals surface area (Å²) >= 11 is 0. The van der Waals surface area contributed by atoms with Crippen LogP contribution in [0.1, 0.15) is 18.5 Å². The van der Waals surface area contributed by atoms with Gasteiger partial charge in [0.1, 0.15) is 24.0 Å². The van der Waals surface area contributed by atoms with Gasteiger partial charge in [-0.2, -0.15) is 10.2 Å². The van der Waals surface area contributed by atoms with Gasteiger partial charge in [0.2, 0.25) is 0 Å². The van der Waals surface area contributed by atoms with E-state index in [0.717, 1.165) is 11.3 Å². The SMILES string of the molecule is C[C@H](c1cc(F)ccc1OCC(F)F)N(C)c1ccn2ncc(-c3ccn(C)n3)c2n1. The van der Waals surface area contributed by atoms with Crippen LogP contribution in [-0.2, 0) is 7.05 Å². The van der Waals surface area contributed by atoms with Gasteiger partial charge >= 0.3 is 0 Å². The predicted octanol–water partition coefficient (Wildman–Crippen LogP) is 4.11. The molecule has 0 bridgehead atoms. The summed E-state index contributed by atoms with van der Waals surface area (Å²) in [6.07, 6.45) is 2.68. The molecule has 3 aromatic heterocycles. The van der Waals surface area contributed by atoms with E-state index in [9.17, 15) is 13.2 Å². The van der Waals surface area contributed by atoms with Crippen molar-refractivity contribution in [3.05, 3.63) is 60.3 Å². The van der Waals surface area contributed by atoms with Crippen molar-refractivity contribution in [2.45, 2.75) is 19.4 Å². The number of aromatic nitrogens is 5. The molecule has 0 aliphatic rings. The molecule has 1 aromatic carbocycles. The highest BCUT2D eigenvalue weighted by Crippen LogP contribution is 2.32. The molecule has 4 aromatic rings. The standard InChI is InChI=1S/C21H21F3N6O/c1-13(15-10-14(22)4-5-18(15)31-12-19(23)24)29(3)20-7-9-30-21(26-20)16(11-25-30)17-6-8-28(2)27-17/h4-11,13,19H,12H2,1-3H3/t13-/m1/s1. The summed E-state index contributed by atoms with van der Waals surface area (Å²) in [6.45, 7) is 1.06. The minimum absolute atomic E-state index is 0.209. The van der Waals surface area contributed by atoms with Crippen molar-refractivity contribution in [3.63, 3.8) is 0 Å². The van der Waals surface area contributed by atoms with Crippen molar-refractivity contribution in [1.82, 2.24) is 24.4 Å². The van der Waals surface area contributed by atoms with Gasteiger partial charge in [-0.15, -0.1) is 0 Å². The van der Waals surface area contributed by atoms with E-state index >= 15 is 0 Å². The van der Waals surface area contributed by atoms with E-state index in [-0.39, 0.29) is 5.75 Å². The third kappa shape index (κ3) is 4.18. The fourth-order valence-electron chi connectivity index (χ4n) is 3.33. The summed E-state index contributed by atoms with van der Waals surface area (Å²) in [5, 5.41) is 8.73. The Hall–Kier alpha value is -3.56. The van der Waals surface area contributed by atoms with Crippen LogP contribution in [0.25, 0.3) is 16.9 Å². The van der Waals surface area contributed by atoms with Crippen LogP contribution in [-0.4, -0.2) is 44.5 Å². The number of nitrogens with zero attached hydrogens (tertiary/aromatic N) is 6. The normalized spacial score (nSPS) is 12.5. The number of aryl methyl sites for hydroxylation is 1. The molecule has 0 amide bonds. The first-order valence-corrected chi connectivity index (χ1v) is 9.61. The summed E-state index contributed by atoms with van der Waals surface area (Å²) in [4.78, 5) is 6.53. The average Bonchev–Trinajstić information content (AvgIpc) is 3.36. The topological polar surface area (TPSA) is 60.5 Å². The lowest BCUT2D eigenvalue weighted by atomic mass is 10.1. The van der Waals surface area contributed by atoms with Gasteiger partial charge in [0.25, 0.3) is 6.43 Å². The van der Waals surface area contributed by atoms with E-state index in [1.165, 1.54) is 18.2 Å². The smallest absolute Gasteiger partial charge is 0.272 e. The van der Waals surface area contributed by atoms with Crippen molar-refractivity contribution in [2.75, 3.05) is 18.6 Å². The summed E-state index contributed by atoms with van der Waals surface area (Å²) in [7, 11) is 3.62. The highest BCUT2D eigenvalue weighted by Gasteiger charge is 2.21. The molecule has 0 saturated heterocycles. The van der Waals surface area contributed by atoms with Crippen molar-refractivity contribution >= 4 is 11.5 Å². The molecule has 0 N–H and O–H groups in total. The minimum Gasteiger partial charge on any atom is -0.487 e. The number of alkyl halides is 2. The molecule has 10 heteroatoms. The zero-order chi connectivity index (χ0) is 22.1. The third-order valence-electron chi connectivity index (χ3n) is 5.07. The quantitative estimate of drug-likeness (QED) is 0.442. The maximum absolute atomic E-state index is 13.9. The van der Waals surface area contributed by atoms with Crippen molar-refractivity contribution in [3.8, 4) is 17.0 Å². The molecule has 31 heavy (non-hydrogen) atoms. The lowest BCUT2D eigenvalue weighted by Gasteiger charge is -2.28. The highest BCUT2D eigenvalue weighted by atomic mass is 19.3. The van der Waals surface area contributed by atoms with E-state index in [2.05, 4.69) is 10.2 Å². The Balaban J connectivity index is 1.68. The van der Waals surface area contributed by atoms with E-state index in [0.29, 0.717) is 17.0 Å². The first-order chi connectivity index (χ1) is 14.8. The second-order valence-electron chi connectivity index (χ2n) is 7.16. The van der Waals surface area contributed by atoms with Crippen molar-refractivity contribution in [1.29, 1.82) is 0 Å². The average molecular weight is 430 g/mol. The van der Waals surface area contributed by atoms with Gasteiger partial charge in [0, 0.05) is 32.1 Å². The predicted molar refractivity (Wildman–Crippen MR) is 110 cm³/mol. The minimum atomic E-state index is -2.62. The lowest BCUT2D eigenvalue weighted by molar-refractivity contribution is 0.0812. The van der Waals surface area contributed by atoms with Gasteiger partial charge in [0.15, 0.2) is 5.65 Å². The van der Waals surface area contributed by atoms with Crippen LogP contribution in [0, 0.1) is 5.82 Å². The van der Waals surface area contributed by atoms with Crippen molar-refractivity contribution in [2.24, 2.45) is 7.05 Å². The molecule has 0 fully saturated rings. The van der Waals surface area contributed by atoms with Gasteiger partial charge < -0.3 is 9.64 Å². The van der Waals surface area contributed by atoms with Crippen LogP contribution in [0.15, 0.2) is 48.9 Å². The van der Waals surface area contributed by atoms with Gasteiger partial charge in [-0.05, 0) is 37.3 Å². The highest BCUT2D eigenvalue weighted by molar-refractivity contribution is 5.75.